The summed E-state index contributed by atoms with van der Waals surface area (Å²) in [6, 6.07) is 0. The molecule has 28 heavy (non-hydrogen) atoms. The summed E-state index contributed by atoms with van der Waals surface area (Å²) in [6.07, 6.45) is -0.115. The van der Waals surface area contributed by atoms with E-state index in [4.69, 9.17) is 9.47 Å². The summed E-state index contributed by atoms with van der Waals surface area (Å²) >= 11 is 0. The maximum absolute atomic E-state index is 12.1. The Morgan fingerprint density at radius 2 is 1.86 bits per heavy atom. The van der Waals surface area contributed by atoms with Crippen molar-refractivity contribution >= 4 is 6.29 Å². The molecule has 4 rings (SSSR count). The molecule has 1 aliphatic heterocycles. The van der Waals surface area contributed by atoms with Crippen LogP contribution in [-0.4, -0.2) is 70.1 Å². The van der Waals surface area contributed by atoms with Crippen molar-refractivity contribution in [2.75, 3.05) is 6.61 Å². The smallest absolute Gasteiger partial charge is 0.187 e. The van der Waals surface area contributed by atoms with E-state index in [0.29, 0.717) is 0 Å². The van der Waals surface area contributed by atoms with Crippen LogP contribution in [0.1, 0.15) is 46.5 Å². The lowest BCUT2D eigenvalue weighted by Gasteiger charge is -2.49. The van der Waals surface area contributed by atoms with E-state index in [2.05, 4.69) is 26.8 Å². The minimum atomic E-state index is -1.47. The van der Waals surface area contributed by atoms with E-state index in [1.807, 2.05) is 0 Å². The predicted octanol–water partition coefficient (Wildman–Crippen LogP) is 0.533. The number of rotatable bonds is 4. The third-order valence-corrected chi connectivity index (χ3v) is 8.42. The van der Waals surface area contributed by atoms with Gasteiger partial charge in [-0.1, -0.05) is 26.8 Å². The van der Waals surface area contributed by atoms with Crippen molar-refractivity contribution < 1.29 is 34.7 Å². The van der Waals surface area contributed by atoms with Gasteiger partial charge in [-0.3, -0.25) is 4.79 Å². The molecule has 0 radical (unpaired) electrons. The SMILES string of the molecule is C[C@@H]1CC[C@]23CC[C@@H](O[C@@H]4O[C@H](CO)[C@@H](O)[C@H](O)[C@H]4O)[C@]12C(C=O)=CC3(C)C. The first-order chi connectivity index (χ1) is 13.2. The van der Waals surface area contributed by atoms with Gasteiger partial charge in [-0.15, -0.1) is 0 Å². The molecule has 3 aliphatic carbocycles. The monoisotopic (exact) mass is 396 g/mol. The molecular formula is C21H32O7. The number of allylic oxidation sites excluding steroid dienone is 1. The average molecular weight is 396 g/mol. The zero-order valence-electron chi connectivity index (χ0n) is 16.7. The molecular weight excluding hydrogens is 364 g/mol. The normalized spacial score (nSPS) is 52.2. The van der Waals surface area contributed by atoms with Crippen molar-refractivity contribution in [3.63, 3.8) is 0 Å². The maximum Gasteiger partial charge on any atom is 0.187 e. The highest BCUT2D eigenvalue weighted by Gasteiger charge is 2.75. The summed E-state index contributed by atoms with van der Waals surface area (Å²) < 4.78 is 11.9. The lowest BCUT2D eigenvalue weighted by Crippen LogP contribution is -2.60. The molecule has 4 aliphatic rings. The Kier molecular flexibility index (Phi) is 4.81. The molecule has 0 aromatic rings. The highest BCUT2D eigenvalue weighted by atomic mass is 16.7. The fourth-order valence-electron chi connectivity index (χ4n) is 7.15. The minimum Gasteiger partial charge on any atom is -0.394 e. The molecule has 0 aromatic heterocycles. The fourth-order valence-corrected chi connectivity index (χ4v) is 7.15. The van der Waals surface area contributed by atoms with E-state index in [0.717, 1.165) is 37.5 Å². The van der Waals surface area contributed by atoms with E-state index in [1.54, 1.807) is 0 Å². The second-order valence-electron chi connectivity index (χ2n) is 9.69. The number of hydrogen-bond acceptors (Lipinski definition) is 7. The van der Waals surface area contributed by atoms with Gasteiger partial charge in [-0.05, 0) is 48.0 Å². The van der Waals surface area contributed by atoms with Crippen LogP contribution in [0, 0.1) is 22.2 Å². The van der Waals surface area contributed by atoms with Crippen LogP contribution in [0.15, 0.2) is 11.6 Å². The Bertz CT molecular complexity index is 674. The minimum absolute atomic E-state index is 0.0749. The highest BCUT2D eigenvalue weighted by Crippen LogP contribution is 2.78. The van der Waals surface area contributed by atoms with Gasteiger partial charge < -0.3 is 29.9 Å². The summed E-state index contributed by atoms with van der Waals surface area (Å²) in [6.45, 7) is 6.04. The Labute approximate surface area is 165 Å². The number of aliphatic hydroxyl groups is 4. The van der Waals surface area contributed by atoms with Crippen LogP contribution in [0.5, 0.6) is 0 Å². The van der Waals surface area contributed by atoms with E-state index in [9.17, 15) is 25.2 Å². The van der Waals surface area contributed by atoms with E-state index in [1.165, 1.54) is 0 Å². The fraction of sp³-hybridized carbons (Fsp3) is 0.857. The second-order valence-corrected chi connectivity index (χ2v) is 9.69. The van der Waals surface area contributed by atoms with Gasteiger partial charge in [0.15, 0.2) is 6.29 Å². The van der Waals surface area contributed by atoms with Crippen molar-refractivity contribution in [2.24, 2.45) is 22.2 Å². The van der Waals surface area contributed by atoms with Crippen molar-refractivity contribution in [1.29, 1.82) is 0 Å². The second kappa shape index (κ2) is 6.59. The number of carbonyl (C=O) groups excluding carboxylic acids is 1. The molecule has 1 heterocycles. The van der Waals surface area contributed by atoms with Crippen LogP contribution in [0.25, 0.3) is 0 Å². The standard InChI is InChI=1S/C21H32O7/c1-11-4-6-20-7-5-14(21(11,20)12(9-22)8-19(20,2)3)28-18-17(26)16(25)15(24)13(10-23)27-18/h8-9,11,13-18,23-26H,4-7,10H2,1-3H3/t11-,13-,14-,15-,16+,17-,18+,20-,21-/m1/s1. The first-order valence-electron chi connectivity index (χ1n) is 10.3. The molecule has 0 bridgehead atoms. The molecule has 7 nitrogen and oxygen atoms in total. The van der Waals surface area contributed by atoms with E-state index >= 15 is 0 Å². The summed E-state index contributed by atoms with van der Waals surface area (Å²) in [7, 11) is 0. The summed E-state index contributed by atoms with van der Waals surface area (Å²) in [5.74, 6) is 0.239. The third kappa shape index (κ3) is 2.29. The molecule has 7 heteroatoms. The predicted molar refractivity (Wildman–Crippen MR) is 99.1 cm³/mol. The van der Waals surface area contributed by atoms with Crippen LogP contribution in [0.3, 0.4) is 0 Å². The number of hydrogen-bond donors (Lipinski definition) is 4. The first kappa shape index (κ1) is 20.4. The molecule has 0 unspecified atom stereocenters. The zero-order valence-corrected chi connectivity index (χ0v) is 16.7. The van der Waals surface area contributed by atoms with Crippen LogP contribution in [0.4, 0.5) is 0 Å². The van der Waals surface area contributed by atoms with Gasteiger partial charge in [0.1, 0.15) is 30.7 Å². The van der Waals surface area contributed by atoms with Crippen molar-refractivity contribution in [3.05, 3.63) is 11.6 Å². The van der Waals surface area contributed by atoms with E-state index < -0.39 is 42.7 Å². The summed E-state index contributed by atoms with van der Waals surface area (Å²) in [5.41, 5.74) is 0.113. The van der Waals surface area contributed by atoms with Gasteiger partial charge in [0.2, 0.25) is 0 Å². The number of carbonyl (C=O) groups is 1. The Hall–Kier alpha value is -0.830. The summed E-state index contributed by atoms with van der Waals surface area (Å²) in [5, 5.41) is 40.0. The van der Waals surface area contributed by atoms with Gasteiger partial charge in [-0.25, -0.2) is 0 Å². The molecule has 2 saturated carbocycles. The van der Waals surface area contributed by atoms with Crippen LogP contribution >= 0.6 is 0 Å². The number of aldehydes is 1. The van der Waals surface area contributed by atoms with Gasteiger partial charge in [0.05, 0.1) is 12.7 Å². The molecule has 4 N–H and O–H groups in total. The largest absolute Gasteiger partial charge is 0.394 e. The van der Waals surface area contributed by atoms with E-state index in [-0.39, 0.29) is 22.9 Å². The molecule has 0 spiro atoms. The molecule has 0 aromatic carbocycles. The number of ether oxygens (including phenoxy) is 2. The third-order valence-electron chi connectivity index (χ3n) is 8.42. The Morgan fingerprint density at radius 1 is 1.18 bits per heavy atom. The summed E-state index contributed by atoms with van der Waals surface area (Å²) in [4.78, 5) is 12.1. The van der Waals surface area contributed by atoms with Gasteiger partial charge >= 0.3 is 0 Å². The maximum atomic E-state index is 12.1. The lowest BCUT2D eigenvalue weighted by atomic mass is 9.56. The lowest BCUT2D eigenvalue weighted by molar-refractivity contribution is -0.319. The van der Waals surface area contributed by atoms with Crippen LogP contribution in [-0.2, 0) is 14.3 Å². The van der Waals surface area contributed by atoms with Gasteiger partial charge in [0.25, 0.3) is 0 Å². The highest BCUT2D eigenvalue weighted by molar-refractivity contribution is 5.79. The number of aliphatic hydroxyl groups excluding tert-OH is 4. The van der Waals surface area contributed by atoms with Crippen molar-refractivity contribution in [3.8, 4) is 0 Å². The molecule has 158 valence electrons. The molecule has 0 amide bonds. The Balaban J connectivity index is 1.68. The van der Waals surface area contributed by atoms with Crippen LogP contribution < -0.4 is 0 Å². The quantitative estimate of drug-likeness (QED) is 0.512. The molecule has 1 saturated heterocycles. The Morgan fingerprint density at radius 3 is 2.50 bits per heavy atom. The first-order valence-corrected chi connectivity index (χ1v) is 10.3. The molecule has 9 atom stereocenters. The van der Waals surface area contributed by atoms with Crippen molar-refractivity contribution in [1.82, 2.24) is 0 Å². The van der Waals surface area contributed by atoms with Gasteiger partial charge in [-0.2, -0.15) is 0 Å². The van der Waals surface area contributed by atoms with Gasteiger partial charge in [0, 0.05) is 5.41 Å². The topological polar surface area (TPSA) is 116 Å². The van der Waals surface area contributed by atoms with Crippen LogP contribution in [0.2, 0.25) is 0 Å². The average Bonchev–Trinajstić information content (AvgIpc) is 3.22. The molecule has 3 fully saturated rings. The zero-order chi connectivity index (χ0) is 20.5. The van der Waals surface area contributed by atoms with Crippen molar-refractivity contribution in [2.45, 2.75) is 83.3 Å².